The van der Waals surface area contributed by atoms with Gasteiger partial charge in [0.15, 0.2) is 5.69 Å². The highest BCUT2D eigenvalue weighted by atomic mass is 35.5. The van der Waals surface area contributed by atoms with Crippen LogP contribution in [0.25, 0.3) is 0 Å². The maximum Gasteiger partial charge on any atom is 0.276 e. The van der Waals surface area contributed by atoms with Crippen LogP contribution in [0.3, 0.4) is 0 Å². The SMILES string of the molecule is Cc1nn(Cn2ccc(C(=O)Nc3ccncc3)n2)c(C)c1Cl. The van der Waals surface area contributed by atoms with Gasteiger partial charge < -0.3 is 5.32 Å². The van der Waals surface area contributed by atoms with Gasteiger partial charge in [-0.05, 0) is 32.0 Å². The molecule has 3 aromatic heterocycles. The fraction of sp³-hybridized carbons (Fsp3) is 0.200. The summed E-state index contributed by atoms with van der Waals surface area (Å²) in [7, 11) is 0. The van der Waals surface area contributed by atoms with Gasteiger partial charge in [-0.3, -0.25) is 14.5 Å². The van der Waals surface area contributed by atoms with Crippen LogP contribution in [0.5, 0.6) is 0 Å². The van der Waals surface area contributed by atoms with Gasteiger partial charge >= 0.3 is 0 Å². The van der Waals surface area contributed by atoms with E-state index in [4.69, 9.17) is 11.6 Å². The van der Waals surface area contributed by atoms with E-state index in [0.29, 0.717) is 23.1 Å². The number of nitrogens with one attached hydrogen (secondary N) is 1. The Labute approximate surface area is 137 Å². The molecule has 118 valence electrons. The lowest BCUT2D eigenvalue weighted by molar-refractivity contribution is 0.102. The Morgan fingerprint density at radius 3 is 2.61 bits per heavy atom. The molecule has 0 aliphatic rings. The Morgan fingerprint density at radius 2 is 1.96 bits per heavy atom. The van der Waals surface area contributed by atoms with Crippen molar-refractivity contribution in [3.63, 3.8) is 0 Å². The van der Waals surface area contributed by atoms with Crippen LogP contribution < -0.4 is 5.32 Å². The molecule has 0 aliphatic heterocycles. The molecule has 3 rings (SSSR count). The van der Waals surface area contributed by atoms with Crippen molar-refractivity contribution >= 4 is 23.2 Å². The molecule has 0 fully saturated rings. The molecule has 1 N–H and O–H groups in total. The summed E-state index contributed by atoms with van der Waals surface area (Å²) in [4.78, 5) is 16.1. The second-order valence-electron chi connectivity index (χ2n) is 5.06. The van der Waals surface area contributed by atoms with Crippen LogP contribution in [0.1, 0.15) is 21.9 Å². The lowest BCUT2D eigenvalue weighted by atomic mass is 10.3. The van der Waals surface area contributed by atoms with Crippen LogP contribution in [-0.4, -0.2) is 30.5 Å². The van der Waals surface area contributed by atoms with Gasteiger partial charge in [0.25, 0.3) is 5.91 Å². The summed E-state index contributed by atoms with van der Waals surface area (Å²) in [6, 6.07) is 5.09. The Bertz CT molecular complexity index is 839. The second kappa shape index (κ2) is 6.21. The van der Waals surface area contributed by atoms with E-state index in [1.807, 2.05) is 13.8 Å². The van der Waals surface area contributed by atoms with Gasteiger partial charge in [0.05, 0.1) is 16.4 Å². The van der Waals surface area contributed by atoms with Crippen molar-refractivity contribution in [1.29, 1.82) is 0 Å². The molecule has 0 spiro atoms. The first-order chi connectivity index (χ1) is 11.0. The highest BCUT2D eigenvalue weighted by Gasteiger charge is 2.12. The zero-order valence-corrected chi connectivity index (χ0v) is 13.4. The molecule has 0 radical (unpaired) electrons. The van der Waals surface area contributed by atoms with Crippen molar-refractivity contribution in [3.05, 3.63) is 58.9 Å². The first-order valence-corrected chi connectivity index (χ1v) is 7.36. The number of hydrogen-bond donors (Lipinski definition) is 1. The highest BCUT2D eigenvalue weighted by molar-refractivity contribution is 6.31. The number of aromatic nitrogens is 5. The number of rotatable bonds is 4. The molecule has 0 atom stereocenters. The smallest absolute Gasteiger partial charge is 0.276 e. The number of carbonyl (C=O) groups is 1. The summed E-state index contributed by atoms with van der Waals surface area (Å²) in [6.07, 6.45) is 4.95. The van der Waals surface area contributed by atoms with Crippen molar-refractivity contribution in [2.75, 3.05) is 5.32 Å². The Kier molecular flexibility index (Phi) is 4.12. The van der Waals surface area contributed by atoms with Crippen LogP contribution in [0.4, 0.5) is 5.69 Å². The fourth-order valence-corrected chi connectivity index (χ4v) is 2.28. The van der Waals surface area contributed by atoms with E-state index in [1.165, 1.54) is 0 Å². The predicted molar refractivity (Wildman–Crippen MR) is 86.5 cm³/mol. The lowest BCUT2D eigenvalue weighted by Gasteiger charge is -2.05. The largest absolute Gasteiger partial charge is 0.320 e. The maximum absolute atomic E-state index is 12.2. The normalized spacial score (nSPS) is 10.7. The van der Waals surface area contributed by atoms with Crippen molar-refractivity contribution in [3.8, 4) is 0 Å². The minimum atomic E-state index is -0.277. The number of nitrogens with zero attached hydrogens (tertiary/aromatic N) is 5. The molecule has 7 nitrogen and oxygen atoms in total. The molecule has 0 aromatic carbocycles. The molecule has 3 aromatic rings. The van der Waals surface area contributed by atoms with E-state index in [1.54, 1.807) is 46.2 Å². The van der Waals surface area contributed by atoms with Crippen molar-refractivity contribution in [1.82, 2.24) is 24.5 Å². The third kappa shape index (κ3) is 3.24. The molecular weight excluding hydrogens is 316 g/mol. The Morgan fingerprint density at radius 1 is 1.22 bits per heavy atom. The van der Waals surface area contributed by atoms with Crippen molar-refractivity contribution in [2.45, 2.75) is 20.5 Å². The molecule has 0 bridgehead atoms. The molecule has 0 unspecified atom stereocenters. The quantitative estimate of drug-likeness (QED) is 0.797. The average Bonchev–Trinajstić information content (AvgIpc) is 3.10. The van der Waals surface area contributed by atoms with Gasteiger partial charge in [0, 0.05) is 24.3 Å². The van der Waals surface area contributed by atoms with E-state index in [0.717, 1.165) is 11.4 Å². The number of anilines is 1. The second-order valence-corrected chi connectivity index (χ2v) is 5.43. The van der Waals surface area contributed by atoms with Gasteiger partial charge in [-0.15, -0.1) is 0 Å². The number of pyridine rings is 1. The van der Waals surface area contributed by atoms with Gasteiger partial charge in [-0.25, -0.2) is 4.68 Å². The highest BCUT2D eigenvalue weighted by Crippen LogP contribution is 2.18. The monoisotopic (exact) mass is 330 g/mol. The minimum Gasteiger partial charge on any atom is -0.320 e. The van der Waals surface area contributed by atoms with Gasteiger partial charge in [-0.1, -0.05) is 11.6 Å². The summed E-state index contributed by atoms with van der Waals surface area (Å²) in [5.41, 5.74) is 2.63. The Balaban J connectivity index is 1.72. The van der Waals surface area contributed by atoms with Crippen molar-refractivity contribution in [2.24, 2.45) is 0 Å². The summed E-state index contributed by atoms with van der Waals surface area (Å²) in [5, 5.41) is 12.0. The molecule has 8 heteroatoms. The van der Waals surface area contributed by atoms with Crippen LogP contribution in [0.15, 0.2) is 36.8 Å². The van der Waals surface area contributed by atoms with Crippen LogP contribution in [0, 0.1) is 13.8 Å². The molecule has 3 heterocycles. The minimum absolute atomic E-state index is 0.277. The van der Waals surface area contributed by atoms with Gasteiger partial charge in [-0.2, -0.15) is 10.2 Å². The summed E-state index contributed by atoms with van der Waals surface area (Å²) in [5.74, 6) is -0.277. The van der Waals surface area contributed by atoms with E-state index < -0.39 is 0 Å². The number of amides is 1. The third-order valence-corrected chi connectivity index (χ3v) is 3.93. The van der Waals surface area contributed by atoms with Crippen LogP contribution in [0.2, 0.25) is 5.02 Å². The van der Waals surface area contributed by atoms with Crippen molar-refractivity contribution < 1.29 is 4.79 Å². The summed E-state index contributed by atoms with van der Waals surface area (Å²) in [6.45, 7) is 4.13. The third-order valence-electron chi connectivity index (χ3n) is 3.38. The molecule has 0 saturated heterocycles. The topological polar surface area (TPSA) is 77.6 Å². The first kappa shape index (κ1) is 15.2. The van der Waals surface area contributed by atoms with Gasteiger partial charge in [0.2, 0.25) is 0 Å². The van der Waals surface area contributed by atoms with Gasteiger partial charge in [0.1, 0.15) is 6.67 Å². The molecule has 0 aliphatic carbocycles. The molecule has 23 heavy (non-hydrogen) atoms. The number of aryl methyl sites for hydroxylation is 1. The summed E-state index contributed by atoms with van der Waals surface area (Å²) < 4.78 is 3.38. The lowest BCUT2D eigenvalue weighted by Crippen LogP contribution is -2.15. The number of hydrogen-bond acceptors (Lipinski definition) is 4. The predicted octanol–water partition coefficient (Wildman–Crippen LogP) is 2.50. The van der Waals surface area contributed by atoms with E-state index in [-0.39, 0.29) is 5.91 Å². The zero-order valence-electron chi connectivity index (χ0n) is 12.7. The van der Waals surface area contributed by atoms with Crippen LogP contribution in [-0.2, 0) is 6.67 Å². The molecule has 1 amide bonds. The number of halogens is 1. The summed E-state index contributed by atoms with van der Waals surface area (Å²) >= 11 is 6.13. The average molecular weight is 331 g/mol. The Hall–Kier alpha value is -2.67. The standard InChI is InChI=1S/C15H15ClN6O/c1-10-14(16)11(2)22(19-10)9-21-8-5-13(20-21)15(23)18-12-3-6-17-7-4-12/h3-8H,9H2,1-2H3,(H,17,18,23). The van der Waals surface area contributed by atoms with E-state index >= 15 is 0 Å². The molecule has 0 saturated carbocycles. The first-order valence-electron chi connectivity index (χ1n) is 6.99. The maximum atomic E-state index is 12.2. The fourth-order valence-electron chi connectivity index (χ4n) is 2.14. The number of carbonyl (C=O) groups excluding carboxylic acids is 1. The van der Waals surface area contributed by atoms with Crippen LogP contribution >= 0.6 is 11.6 Å². The molecular formula is C15H15ClN6O. The van der Waals surface area contributed by atoms with E-state index in [2.05, 4.69) is 20.5 Å². The van der Waals surface area contributed by atoms with E-state index in [9.17, 15) is 4.79 Å². The zero-order chi connectivity index (χ0) is 16.4.